The molecule has 0 saturated heterocycles. The van der Waals surface area contributed by atoms with Crippen molar-refractivity contribution < 1.29 is 9.84 Å². The molecular weight excluding hydrogens is 292 g/mol. The third-order valence-electron chi connectivity index (χ3n) is 2.36. The maximum Gasteiger partial charge on any atom is 0.140 e. The van der Waals surface area contributed by atoms with E-state index in [4.69, 9.17) is 11.2 Å². The highest BCUT2D eigenvalue weighted by Gasteiger charge is 2.05. The standard InChI is InChI=1S/C15H11BrO2/c1-2-15(17)11-5-3-7-13(9-11)18-14-8-4-6-12(16)10-14/h1,3-10,15,17H. The minimum Gasteiger partial charge on any atom is -0.457 e. The third kappa shape index (κ3) is 3.13. The molecule has 0 bridgehead atoms. The molecule has 18 heavy (non-hydrogen) atoms. The molecule has 0 radical (unpaired) electrons. The van der Waals surface area contributed by atoms with Crippen molar-refractivity contribution in [3.63, 3.8) is 0 Å². The normalized spacial score (nSPS) is 11.6. The van der Waals surface area contributed by atoms with Crippen molar-refractivity contribution >= 4 is 15.9 Å². The van der Waals surface area contributed by atoms with Crippen molar-refractivity contribution in [3.05, 3.63) is 58.6 Å². The van der Waals surface area contributed by atoms with Gasteiger partial charge in [-0.15, -0.1) is 6.42 Å². The lowest BCUT2D eigenvalue weighted by atomic mass is 10.1. The summed E-state index contributed by atoms with van der Waals surface area (Å²) >= 11 is 3.38. The van der Waals surface area contributed by atoms with Crippen molar-refractivity contribution in [3.8, 4) is 23.8 Å². The largest absolute Gasteiger partial charge is 0.457 e. The highest BCUT2D eigenvalue weighted by atomic mass is 79.9. The summed E-state index contributed by atoms with van der Waals surface area (Å²) in [5.74, 6) is 3.63. The summed E-state index contributed by atoms with van der Waals surface area (Å²) in [6, 6.07) is 14.6. The lowest BCUT2D eigenvalue weighted by Crippen LogP contribution is -1.93. The monoisotopic (exact) mass is 302 g/mol. The number of aliphatic hydroxyl groups excluding tert-OH is 1. The van der Waals surface area contributed by atoms with E-state index >= 15 is 0 Å². The molecule has 2 aromatic rings. The Hall–Kier alpha value is -1.76. The lowest BCUT2D eigenvalue weighted by Gasteiger charge is -2.09. The van der Waals surface area contributed by atoms with E-state index in [9.17, 15) is 5.11 Å². The van der Waals surface area contributed by atoms with E-state index in [0.29, 0.717) is 11.3 Å². The summed E-state index contributed by atoms with van der Waals surface area (Å²) in [5.41, 5.74) is 0.644. The van der Waals surface area contributed by atoms with E-state index in [1.54, 1.807) is 18.2 Å². The van der Waals surface area contributed by atoms with Crippen LogP contribution in [-0.2, 0) is 0 Å². The second kappa shape index (κ2) is 5.72. The van der Waals surface area contributed by atoms with E-state index in [1.165, 1.54) is 0 Å². The van der Waals surface area contributed by atoms with Crippen LogP contribution in [0.15, 0.2) is 53.0 Å². The first-order chi connectivity index (χ1) is 8.69. The molecule has 1 atom stereocenters. The van der Waals surface area contributed by atoms with Crippen LogP contribution in [0.4, 0.5) is 0 Å². The Bertz CT molecular complexity index is 587. The molecular formula is C15H11BrO2. The number of hydrogen-bond donors (Lipinski definition) is 1. The molecule has 0 saturated carbocycles. The van der Waals surface area contributed by atoms with Gasteiger partial charge in [0.2, 0.25) is 0 Å². The average molecular weight is 303 g/mol. The zero-order valence-electron chi connectivity index (χ0n) is 9.51. The molecule has 2 aromatic carbocycles. The van der Waals surface area contributed by atoms with Gasteiger partial charge in [0.05, 0.1) is 0 Å². The molecule has 0 aliphatic heterocycles. The van der Waals surface area contributed by atoms with Gasteiger partial charge in [0.15, 0.2) is 0 Å². The van der Waals surface area contributed by atoms with Crippen LogP contribution in [0.25, 0.3) is 0 Å². The van der Waals surface area contributed by atoms with Gasteiger partial charge in [-0.05, 0) is 35.9 Å². The first kappa shape index (κ1) is 12.7. The van der Waals surface area contributed by atoms with Crippen LogP contribution in [0.2, 0.25) is 0 Å². The molecule has 90 valence electrons. The van der Waals surface area contributed by atoms with E-state index in [1.807, 2.05) is 30.3 Å². The van der Waals surface area contributed by atoms with Crippen LogP contribution >= 0.6 is 15.9 Å². The van der Waals surface area contributed by atoms with Gasteiger partial charge in [0, 0.05) is 4.47 Å². The summed E-state index contributed by atoms with van der Waals surface area (Å²) in [6.45, 7) is 0. The van der Waals surface area contributed by atoms with Crippen LogP contribution in [0.1, 0.15) is 11.7 Å². The van der Waals surface area contributed by atoms with Crippen LogP contribution in [0.5, 0.6) is 11.5 Å². The number of ether oxygens (including phenoxy) is 1. The zero-order chi connectivity index (χ0) is 13.0. The Morgan fingerprint density at radius 1 is 1.11 bits per heavy atom. The highest BCUT2D eigenvalue weighted by molar-refractivity contribution is 9.10. The van der Waals surface area contributed by atoms with Crippen molar-refractivity contribution in [2.75, 3.05) is 0 Å². The SMILES string of the molecule is C#CC(O)c1cccc(Oc2cccc(Br)c2)c1. The summed E-state index contributed by atoms with van der Waals surface area (Å²) in [5, 5.41) is 9.56. The third-order valence-corrected chi connectivity index (χ3v) is 2.86. The van der Waals surface area contributed by atoms with Gasteiger partial charge < -0.3 is 9.84 Å². The van der Waals surface area contributed by atoms with Crippen LogP contribution < -0.4 is 4.74 Å². The molecule has 0 heterocycles. The summed E-state index contributed by atoms with van der Waals surface area (Å²) in [6.07, 6.45) is 4.27. The first-order valence-electron chi connectivity index (χ1n) is 5.36. The van der Waals surface area contributed by atoms with Crippen LogP contribution in [0.3, 0.4) is 0 Å². The number of rotatable bonds is 3. The molecule has 2 rings (SSSR count). The Morgan fingerprint density at radius 3 is 2.44 bits per heavy atom. The molecule has 0 amide bonds. The van der Waals surface area contributed by atoms with Gasteiger partial charge in [-0.25, -0.2) is 0 Å². The molecule has 0 fully saturated rings. The first-order valence-corrected chi connectivity index (χ1v) is 6.16. The van der Waals surface area contributed by atoms with E-state index in [-0.39, 0.29) is 0 Å². The minimum absolute atomic E-state index is 0.639. The van der Waals surface area contributed by atoms with E-state index < -0.39 is 6.10 Å². The maximum absolute atomic E-state index is 9.56. The predicted octanol–water partition coefficient (Wildman–Crippen LogP) is 3.91. The summed E-state index contributed by atoms with van der Waals surface area (Å²) in [7, 11) is 0. The van der Waals surface area contributed by atoms with Gasteiger partial charge in [0.25, 0.3) is 0 Å². The summed E-state index contributed by atoms with van der Waals surface area (Å²) in [4.78, 5) is 0. The average Bonchev–Trinajstić information content (AvgIpc) is 2.38. The highest BCUT2D eigenvalue weighted by Crippen LogP contribution is 2.26. The molecule has 0 aromatic heterocycles. The Labute approximate surface area is 114 Å². The Balaban J connectivity index is 2.22. The second-order valence-corrected chi connectivity index (χ2v) is 4.62. The number of terminal acetylenes is 1. The summed E-state index contributed by atoms with van der Waals surface area (Å²) < 4.78 is 6.63. The fourth-order valence-corrected chi connectivity index (χ4v) is 1.89. The van der Waals surface area contributed by atoms with Crippen molar-refractivity contribution in [1.29, 1.82) is 0 Å². The zero-order valence-corrected chi connectivity index (χ0v) is 11.1. The molecule has 1 N–H and O–H groups in total. The van der Waals surface area contributed by atoms with Crippen molar-refractivity contribution in [1.82, 2.24) is 0 Å². The van der Waals surface area contributed by atoms with Gasteiger partial charge in [-0.3, -0.25) is 0 Å². The smallest absolute Gasteiger partial charge is 0.140 e. The fraction of sp³-hybridized carbons (Fsp3) is 0.0667. The number of benzene rings is 2. The quantitative estimate of drug-likeness (QED) is 0.871. The molecule has 0 aliphatic rings. The number of halogens is 1. The van der Waals surface area contributed by atoms with Gasteiger partial charge in [0.1, 0.15) is 17.6 Å². The molecule has 0 spiro atoms. The lowest BCUT2D eigenvalue weighted by molar-refractivity contribution is 0.238. The van der Waals surface area contributed by atoms with E-state index in [2.05, 4.69) is 21.9 Å². The van der Waals surface area contributed by atoms with Crippen LogP contribution in [-0.4, -0.2) is 5.11 Å². The van der Waals surface area contributed by atoms with Crippen LogP contribution in [0, 0.1) is 12.3 Å². The molecule has 1 unspecified atom stereocenters. The minimum atomic E-state index is -0.906. The van der Waals surface area contributed by atoms with E-state index in [0.717, 1.165) is 10.2 Å². The fourth-order valence-electron chi connectivity index (χ4n) is 1.51. The van der Waals surface area contributed by atoms with Crippen molar-refractivity contribution in [2.24, 2.45) is 0 Å². The number of hydrogen-bond acceptors (Lipinski definition) is 2. The predicted molar refractivity (Wildman–Crippen MR) is 74.5 cm³/mol. The van der Waals surface area contributed by atoms with Gasteiger partial charge in [-0.2, -0.15) is 0 Å². The molecule has 3 heteroatoms. The van der Waals surface area contributed by atoms with Crippen molar-refractivity contribution in [2.45, 2.75) is 6.10 Å². The Morgan fingerprint density at radius 2 is 1.78 bits per heavy atom. The topological polar surface area (TPSA) is 29.5 Å². The Kier molecular flexibility index (Phi) is 4.03. The molecule has 0 aliphatic carbocycles. The van der Waals surface area contributed by atoms with Gasteiger partial charge in [-0.1, -0.05) is 40.0 Å². The van der Waals surface area contributed by atoms with Gasteiger partial charge >= 0.3 is 0 Å². The second-order valence-electron chi connectivity index (χ2n) is 3.70. The molecule has 2 nitrogen and oxygen atoms in total. The number of aliphatic hydroxyl groups is 1. The maximum atomic E-state index is 9.56.